The van der Waals surface area contributed by atoms with E-state index >= 15 is 0 Å². The van der Waals surface area contributed by atoms with Gasteiger partial charge in [0.25, 0.3) is 0 Å². The predicted molar refractivity (Wildman–Crippen MR) is 151 cm³/mol. The van der Waals surface area contributed by atoms with E-state index in [1.165, 1.54) is 32.1 Å². The lowest BCUT2D eigenvalue weighted by Gasteiger charge is -2.23. The SMILES string of the molecule is CCCCCCCCOc1cc2c3c(cccc3c1Sc1cccc(C)c1N)C(=O)c1ccccc1-2. The molecule has 184 valence electrons. The van der Waals surface area contributed by atoms with Crippen molar-refractivity contribution < 1.29 is 9.53 Å². The van der Waals surface area contributed by atoms with E-state index in [0.717, 1.165) is 66.2 Å². The van der Waals surface area contributed by atoms with Crippen molar-refractivity contribution in [2.45, 2.75) is 62.2 Å². The minimum Gasteiger partial charge on any atom is -0.492 e. The average molecular weight is 496 g/mol. The summed E-state index contributed by atoms with van der Waals surface area (Å²) in [5.41, 5.74) is 11.9. The fourth-order valence-electron chi connectivity index (χ4n) is 5.03. The minimum absolute atomic E-state index is 0.0791. The number of ketones is 1. The van der Waals surface area contributed by atoms with Crippen LogP contribution in [0.25, 0.3) is 21.9 Å². The maximum absolute atomic E-state index is 13.4. The molecule has 3 nitrogen and oxygen atoms in total. The van der Waals surface area contributed by atoms with E-state index in [1.54, 1.807) is 11.8 Å². The van der Waals surface area contributed by atoms with Gasteiger partial charge in [0.2, 0.25) is 0 Å². The van der Waals surface area contributed by atoms with Crippen molar-refractivity contribution >= 4 is 34.0 Å². The van der Waals surface area contributed by atoms with E-state index in [2.05, 4.69) is 25.1 Å². The van der Waals surface area contributed by atoms with Gasteiger partial charge in [-0.3, -0.25) is 4.79 Å². The molecule has 36 heavy (non-hydrogen) atoms. The third kappa shape index (κ3) is 4.62. The van der Waals surface area contributed by atoms with Crippen LogP contribution in [-0.2, 0) is 0 Å². The van der Waals surface area contributed by atoms with Gasteiger partial charge in [-0.15, -0.1) is 0 Å². The van der Waals surface area contributed by atoms with Crippen LogP contribution in [0.15, 0.2) is 76.5 Å². The van der Waals surface area contributed by atoms with Gasteiger partial charge in [-0.2, -0.15) is 0 Å². The second-order valence-electron chi connectivity index (χ2n) is 9.56. The zero-order valence-electron chi connectivity index (χ0n) is 21.1. The van der Waals surface area contributed by atoms with Crippen molar-refractivity contribution in [3.63, 3.8) is 0 Å². The van der Waals surface area contributed by atoms with Gasteiger partial charge in [0.15, 0.2) is 5.78 Å². The normalized spacial score (nSPS) is 12.1. The van der Waals surface area contributed by atoms with Crippen molar-refractivity contribution in [2.75, 3.05) is 12.3 Å². The first-order valence-corrected chi connectivity index (χ1v) is 13.8. The van der Waals surface area contributed by atoms with Crippen LogP contribution in [0.1, 0.15) is 66.9 Å². The number of anilines is 1. The second kappa shape index (κ2) is 10.8. The number of carbonyl (C=O) groups is 1. The molecule has 0 saturated carbocycles. The van der Waals surface area contributed by atoms with Gasteiger partial charge < -0.3 is 10.5 Å². The highest BCUT2D eigenvalue weighted by atomic mass is 32.2. The first-order valence-electron chi connectivity index (χ1n) is 13.0. The van der Waals surface area contributed by atoms with Gasteiger partial charge in [-0.05, 0) is 42.2 Å². The molecule has 0 radical (unpaired) electrons. The maximum atomic E-state index is 13.4. The number of fused-ring (bicyclic) bond motifs is 2. The molecular weight excluding hydrogens is 462 g/mol. The molecule has 4 aromatic rings. The summed E-state index contributed by atoms with van der Waals surface area (Å²) in [6.07, 6.45) is 7.30. The van der Waals surface area contributed by atoms with Crippen LogP contribution < -0.4 is 10.5 Å². The molecule has 2 N–H and O–H groups in total. The highest BCUT2D eigenvalue weighted by Gasteiger charge is 2.28. The summed E-state index contributed by atoms with van der Waals surface area (Å²) in [4.78, 5) is 15.4. The molecule has 1 aliphatic carbocycles. The molecule has 0 bridgehead atoms. The van der Waals surface area contributed by atoms with Gasteiger partial charge in [-0.25, -0.2) is 0 Å². The molecule has 0 unspecified atom stereocenters. The number of rotatable bonds is 10. The molecule has 0 aliphatic heterocycles. The Labute approximate surface area is 218 Å². The minimum atomic E-state index is 0.0791. The number of para-hydroxylation sites is 1. The van der Waals surface area contributed by atoms with Gasteiger partial charge in [0.05, 0.1) is 11.5 Å². The smallest absolute Gasteiger partial charge is 0.194 e. The van der Waals surface area contributed by atoms with Crippen LogP contribution in [0.3, 0.4) is 0 Å². The first kappa shape index (κ1) is 24.5. The van der Waals surface area contributed by atoms with Gasteiger partial charge in [0.1, 0.15) is 5.75 Å². The number of nitrogens with two attached hydrogens (primary N) is 1. The summed E-state index contributed by atoms with van der Waals surface area (Å²) in [7, 11) is 0. The van der Waals surface area contributed by atoms with Crippen LogP contribution in [0.2, 0.25) is 0 Å². The number of nitrogen functional groups attached to an aromatic ring is 1. The zero-order valence-corrected chi connectivity index (χ0v) is 21.9. The Bertz CT molecular complexity index is 1430. The molecule has 0 aromatic heterocycles. The molecule has 0 saturated heterocycles. The van der Waals surface area contributed by atoms with Gasteiger partial charge in [-0.1, -0.05) is 105 Å². The Hall–Kier alpha value is -3.24. The van der Waals surface area contributed by atoms with Crippen molar-refractivity contribution in [3.05, 3.63) is 83.4 Å². The van der Waals surface area contributed by atoms with Gasteiger partial charge in [0, 0.05) is 32.5 Å². The van der Waals surface area contributed by atoms with Crippen molar-refractivity contribution in [2.24, 2.45) is 0 Å². The van der Waals surface area contributed by atoms with Crippen molar-refractivity contribution in [1.82, 2.24) is 0 Å². The van der Waals surface area contributed by atoms with Crippen LogP contribution in [0.5, 0.6) is 5.75 Å². The number of carbonyl (C=O) groups excluding carboxylic acids is 1. The standard InChI is InChI=1S/C32H33NO2S/c1-3-4-5-6-7-10-19-35-27-20-26-22-14-8-9-15-23(22)31(34)24-16-12-17-25(29(24)26)32(27)36-28-18-11-13-21(2)30(28)33/h8-9,11-18,20H,3-7,10,19,33H2,1-2H3. The summed E-state index contributed by atoms with van der Waals surface area (Å²) in [6, 6.07) is 22.2. The third-order valence-electron chi connectivity index (χ3n) is 7.04. The molecule has 0 amide bonds. The van der Waals surface area contributed by atoms with E-state index in [9.17, 15) is 4.79 Å². The number of aryl methyl sites for hydroxylation is 1. The molecule has 0 spiro atoms. The Morgan fingerprint density at radius 1 is 0.806 bits per heavy atom. The summed E-state index contributed by atoms with van der Waals surface area (Å²) >= 11 is 1.63. The average Bonchev–Trinajstić information content (AvgIpc) is 2.90. The number of hydrogen-bond acceptors (Lipinski definition) is 4. The van der Waals surface area contributed by atoms with Crippen molar-refractivity contribution in [3.8, 4) is 16.9 Å². The summed E-state index contributed by atoms with van der Waals surface area (Å²) in [6.45, 7) is 4.95. The van der Waals surface area contributed by atoms with Crippen LogP contribution in [0, 0.1) is 6.92 Å². The highest BCUT2D eigenvalue weighted by Crippen LogP contribution is 2.49. The molecule has 0 heterocycles. The lowest BCUT2D eigenvalue weighted by molar-refractivity contribution is 0.104. The van der Waals surface area contributed by atoms with Crippen LogP contribution in [0.4, 0.5) is 5.69 Å². The van der Waals surface area contributed by atoms with E-state index in [4.69, 9.17) is 10.5 Å². The maximum Gasteiger partial charge on any atom is 0.194 e. The second-order valence-corrected chi connectivity index (χ2v) is 10.6. The largest absolute Gasteiger partial charge is 0.492 e. The van der Waals surface area contributed by atoms with E-state index in [1.807, 2.05) is 55.5 Å². The first-order chi connectivity index (χ1) is 17.6. The quantitative estimate of drug-likeness (QED) is 0.155. The molecule has 4 aromatic carbocycles. The highest BCUT2D eigenvalue weighted by molar-refractivity contribution is 7.99. The number of ether oxygens (including phenoxy) is 1. The molecule has 1 aliphatic rings. The Morgan fingerprint density at radius 3 is 2.36 bits per heavy atom. The molecule has 0 atom stereocenters. The Balaban J connectivity index is 1.59. The van der Waals surface area contributed by atoms with Crippen molar-refractivity contribution in [1.29, 1.82) is 0 Å². The van der Waals surface area contributed by atoms with Crippen LogP contribution in [-0.4, -0.2) is 12.4 Å². The summed E-state index contributed by atoms with van der Waals surface area (Å²) in [5, 5.41) is 2.04. The van der Waals surface area contributed by atoms with E-state index in [0.29, 0.717) is 6.61 Å². The molecule has 5 rings (SSSR count). The van der Waals surface area contributed by atoms with E-state index in [-0.39, 0.29) is 5.78 Å². The molecule has 4 heteroatoms. The predicted octanol–water partition coefficient (Wildman–Crippen LogP) is 8.83. The zero-order chi connectivity index (χ0) is 25.1. The fourth-order valence-corrected chi connectivity index (χ4v) is 6.16. The Kier molecular flexibility index (Phi) is 7.33. The fraction of sp³-hybridized carbons (Fsp3) is 0.281. The molecule has 0 fully saturated rings. The third-order valence-corrected chi connectivity index (χ3v) is 8.24. The van der Waals surface area contributed by atoms with Gasteiger partial charge >= 0.3 is 0 Å². The monoisotopic (exact) mass is 495 g/mol. The number of hydrogen-bond donors (Lipinski definition) is 1. The summed E-state index contributed by atoms with van der Waals surface area (Å²) < 4.78 is 6.50. The molecular formula is C32H33NO2S. The van der Waals surface area contributed by atoms with Crippen LogP contribution >= 0.6 is 11.8 Å². The topological polar surface area (TPSA) is 52.3 Å². The Morgan fingerprint density at radius 2 is 1.53 bits per heavy atom. The lowest BCUT2D eigenvalue weighted by atomic mass is 9.83. The lowest BCUT2D eigenvalue weighted by Crippen LogP contribution is -2.10. The number of unbranched alkanes of at least 4 members (excludes halogenated alkanes) is 5. The van der Waals surface area contributed by atoms with E-state index < -0.39 is 0 Å². The summed E-state index contributed by atoms with van der Waals surface area (Å²) in [5.74, 6) is 0.939. The number of benzene rings is 4.